The van der Waals surface area contributed by atoms with E-state index in [-0.39, 0.29) is 12.0 Å². The predicted octanol–water partition coefficient (Wildman–Crippen LogP) is 5.98. The molecule has 0 radical (unpaired) electrons. The van der Waals surface area contributed by atoms with Crippen LogP contribution in [0, 0.1) is 13.8 Å². The number of ether oxygens (including phenoxy) is 2. The molecule has 5 heterocycles. The molecule has 0 saturated carbocycles. The Morgan fingerprint density at radius 1 is 1.07 bits per heavy atom. The van der Waals surface area contributed by atoms with Crippen LogP contribution in [-0.2, 0) is 16.0 Å². The zero-order valence-corrected chi connectivity index (χ0v) is 23.2. The third-order valence-corrected chi connectivity index (χ3v) is 7.92. The third kappa shape index (κ3) is 5.01. The Kier molecular flexibility index (Phi) is 6.70. The van der Waals surface area contributed by atoms with Gasteiger partial charge in [-0.25, -0.2) is 4.98 Å². The Bertz CT molecular complexity index is 1610. The van der Waals surface area contributed by atoms with E-state index in [2.05, 4.69) is 43.0 Å². The molecule has 1 fully saturated rings. The molecule has 206 valence electrons. The number of carboxylic acid groups (broad SMARTS) is 1. The van der Waals surface area contributed by atoms with Crippen molar-refractivity contribution in [2.24, 2.45) is 0 Å². The summed E-state index contributed by atoms with van der Waals surface area (Å²) in [6, 6.07) is 16.5. The minimum Gasteiger partial charge on any atom is -0.495 e. The Morgan fingerprint density at radius 3 is 2.67 bits per heavy atom. The number of carbonyl (C=O) groups is 1. The molecular weight excluding hydrogens is 504 g/mol. The summed E-state index contributed by atoms with van der Waals surface area (Å²) in [5.74, 6) is 0.751. The van der Waals surface area contributed by atoms with Gasteiger partial charge in [-0.1, -0.05) is 29.8 Å². The van der Waals surface area contributed by atoms with Crippen LogP contribution in [0.1, 0.15) is 43.0 Å². The van der Waals surface area contributed by atoms with Gasteiger partial charge in [-0.05, 0) is 50.6 Å². The summed E-state index contributed by atoms with van der Waals surface area (Å²) < 4.78 is 14.3. The van der Waals surface area contributed by atoms with Crippen molar-refractivity contribution in [1.82, 2.24) is 14.6 Å². The van der Waals surface area contributed by atoms with Crippen LogP contribution in [0.5, 0.6) is 5.75 Å². The summed E-state index contributed by atoms with van der Waals surface area (Å²) in [5.41, 5.74) is 6.76. The van der Waals surface area contributed by atoms with Gasteiger partial charge in [0.15, 0.2) is 5.65 Å². The van der Waals surface area contributed by atoms with Gasteiger partial charge in [0.1, 0.15) is 17.2 Å². The number of rotatable bonds is 2. The zero-order valence-electron chi connectivity index (χ0n) is 23.2. The van der Waals surface area contributed by atoms with E-state index < -0.39 is 5.97 Å². The number of fused-ring (bicyclic) bond motifs is 6. The number of carboxylic acids is 1. The van der Waals surface area contributed by atoms with Crippen molar-refractivity contribution < 1.29 is 19.4 Å². The number of anilines is 1. The van der Waals surface area contributed by atoms with Gasteiger partial charge in [-0.2, -0.15) is 9.61 Å². The average Bonchev–Trinajstić information content (AvgIpc) is 3.35. The molecule has 2 aromatic heterocycles. The lowest BCUT2D eigenvalue weighted by Gasteiger charge is -2.40. The smallest absolute Gasteiger partial charge is 0.308 e. The van der Waals surface area contributed by atoms with E-state index in [0.29, 0.717) is 23.5 Å². The first-order valence-corrected chi connectivity index (χ1v) is 13.8. The molecule has 0 unspecified atom stereocenters. The van der Waals surface area contributed by atoms with Gasteiger partial charge in [0.05, 0.1) is 25.0 Å². The lowest BCUT2D eigenvalue weighted by atomic mass is 9.93. The highest BCUT2D eigenvalue weighted by Crippen LogP contribution is 2.36. The van der Waals surface area contributed by atoms with Crippen LogP contribution in [0.25, 0.3) is 28.0 Å². The molecule has 0 aliphatic carbocycles. The molecule has 3 aliphatic rings. The lowest BCUT2D eigenvalue weighted by Crippen LogP contribution is -2.44. The molecular formula is C32H34N4O4. The second-order valence-corrected chi connectivity index (χ2v) is 11.0. The van der Waals surface area contributed by atoms with Crippen LogP contribution in [0.15, 0.2) is 60.9 Å². The maximum Gasteiger partial charge on any atom is 0.308 e. The molecule has 6 bridgehead atoms. The highest BCUT2D eigenvalue weighted by atomic mass is 16.5. The average molecular weight is 539 g/mol. The first-order valence-electron chi connectivity index (χ1n) is 13.8. The van der Waals surface area contributed by atoms with E-state index in [9.17, 15) is 9.90 Å². The Labute approximate surface area is 233 Å². The summed E-state index contributed by atoms with van der Waals surface area (Å²) in [6.07, 6.45) is 6.04. The van der Waals surface area contributed by atoms with Crippen molar-refractivity contribution in [2.75, 3.05) is 24.6 Å². The van der Waals surface area contributed by atoms with Crippen molar-refractivity contribution >= 4 is 17.4 Å². The van der Waals surface area contributed by atoms with Gasteiger partial charge in [0.25, 0.3) is 0 Å². The minimum atomic E-state index is -0.886. The van der Waals surface area contributed by atoms with E-state index in [1.807, 2.05) is 41.8 Å². The number of benzene rings is 2. The molecule has 7 rings (SSSR count). The second kappa shape index (κ2) is 10.3. The number of aromatic nitrogens is 3. The maximum absolute atomic E-state index is 11.9. The van der Waals surface area contributed by atoms with Crippen LogP contribution < -0.4 is 9.64 Å². The van der Waals surface area contributed by atoms with Gasteiger partial charge < -0.3 is 19.5 Å². The summed E-state index contributed by atoms with van der Waals surface area (Å²) in [4.78, 5) is 18.9. The third-order valence-electron chi connectivity index (χ3n) is 7.92. The Morgan fingerprint density at radius 2 is 1.88 bits per heavy atom. The number of nitrogens with zero attached hydrogens (tertiary/aromatic N) is 4. The van der Waals surface area contributed by atoms with E-state index in [1.54, 1.807) is 6.26 Å². The standard InChI is InChI=1S/C32H34N4O4/c1-21-9-10-28-26(17-21)23-7-6-8-24(18-23)27-20-29-33-22(2)25(19-30(37)38)31(36(29)34-27)35-13-11-32(3,12-14-35)40-16-5-4-15-39-28/h5-10,16-18,20H,4,11-15,19H2,1-3H3,(H,37,38)/b16-5-. The molecule has 4 aromatic rings. The Hall–Kier alpha value is -4.33. The largest absolute Gasteiger partial charge is 0.495 e. The fraction of sp³-hybridized carbons (Fsp3) is 0.344. The molecule has 2 aromatic carbocycles. The fourth-order valence-electron chi connectivity index (χ4n) is 5.63. The monoisotopic (exact) mass is 538 g/mol. The molecule has 0 amide bonds. The summed E-state index contributed by atoms with van der Waals surface area (Å²) in [5, 5.41) is 14.8. The van der Waals surface area contributed by atoms with Crippen LogP contribution >= 0.6 is 0 Å². The van der Waals surface area contributed by atoms with Gasteiger partial charge in [0, 0.05) is 60.8 Å². The normalized spacial score (nSPS) is 17.3. The molecule has 0 spiro atoms. The SMILES string of the molecule is Cc1ccc2c(c1)-c1cccc(c1)-c1cc3nc(C)c(CC(=O)O)c(n3n1)N1CCC(C)(CC1)O/C=C\CCO2. The summed E-state index contributed by atoms with van der Waals surface area (Å²) >= 11 is 0. The minimum absolute atomic E-state index is 0.113. The lowest BCUT2D eigenvalue weighted by molar-refractivity contribution is -0.136. The van der Waals surface area contributed by atoms with Crippen LogP contribution in [0.4, 0.5) is 5.82 Å². The second-order valence-electron chi connectivity index (χ2n) is 11.0. The van der Waals surface area contributed by atoms with Crippen molar-refractivity contribution in [2.45, 2.75) is 52.1 Å². The number of piperidine rings is 1. The number of hydrogen-bond acceptors (Lipinski definition) is 6. The highest BCUT2D eigenvalue weighted by molar-refractivity contribution is 5.78. The zero-order chi connectivity index (χ0) is 27.9. The molecule has 1 saturated heterocycles. The van der Waals surface area contributed by atoms with Gasteiger partial charge in [-0.15, -0.1) is 0 Å². The van der Waals surface area contributed by atoms with E-state index in [4.69, 9.17) is 19.6 Å². The van der Waals surface area contributed by atoms with Gasteiger partial charge in [-0.3, -0.25) is 4.79 Å². The number of aliphatic carboxylic acids is 1. The van der Waals surface area contributed by atoms with Crippen molar-refractivity contribution in [3.8, 4) is 28.1 Å². The fourth-order valence-corrected chi connectivity index (χ4v) is 5.63. The van der Waals surface area contributed by atoms with Gasteiger partial charge in [0.2, 0.25) is 0 Å². The van der Waals surface area contributed by atoms with Crippen LogP contribution in [-0.4, -0.2) is 51.0 Å². The summed E-state index contributed by atoms with van der Waals surface area (Å²) in [7, 11) is 0. The molecule has 8 heteroatoms. The summed E-state index contributed by atoms with van der Waals surface area (Å²) in [6.45, 7) is 8.09. The van der Waals surface area contributed by atoms with Crippen LogP contribution in [0.3, 0.4) is 0 Å². The molecule has 8 nitrogen and oxygen atoms in total. The maximum atomic E-state index is 11.9. The van der Waals surface area contributed by atoms with Crippen molar-refractivity contribution in [3.05, 3.63) is 77.7 Å². The van der Waals surface area contributed by atoms with Crippen LogP contribution in [0.2, 0.25) is 0 Å². The van der Waals surface area contributed by atoms with E-state index >= 15 is 0 Å². The molecule has 3 aliphatic heterocycles. The van der Waals surface area contributed by atoms with E-state index in [1.165, 1.54) is 0 Å². The molecule has 40 heavy (non-hydrogen) atoms. The first kappa shape index (κ1) is 25.9. The topological polar surface area (TPSA) is 89.2 Å². The highest BCUT2D eigenvalue weighted by Gasteiger charge is 2.33. The predicted molar refractivity (Wildman–Crippen MR) is 155 cm³/mol. The molecule has 1 N–H and O–H groups in total. The quantitative estimate of drug-likeness (QED) is 0.336. The van der Waals surface area contributed by atoms with Crippen molar-refractivity contribution in [1.29, 1.82) is 0 Å². The molecule has 0 atom stereocenters. The first-order chi connectivity index (χ1) is 19.3. The number of aryl methyl sites for hydroxylation is 2. The Balaban J connectivity index is 1.53. The van der Waals surface area contributed by atoms with Crippen molar-refractivity contribution in [3.63, 3.8) is 0 Å². The van der Waals surface area contributed by atoms with Gasteiger partial charge >= 0.3 is 5.97 Å². The van der Waals surface area contributed by atoms with E-state index in [0.717, 1.165) is 71.9 Å². The number of hydrogen-bond donors (Lipinski definition) is 1.